The van der Waals surface area contributed by atoms with Crippen LogP contribution in [0.3, 0.4) is 0 Å². The molecule has 0 amide bonds. The van der Waals surface area contributed by atoms with E-state index in [0.29, 0.717) is 19.0 Å². The Morgan fingerprint density at radius 2 is 2.26 bits per heavy atom. The number of aromatic nitrogens is 1. The Bertz CT molecular complexity index is 550. The molecule has 2 rings (SSSR count). The van der Waals surface area contributed by atoms with Crippen LogP contribution in [0.2, 0.25) is 5.15 Å². The van der Waals surface area contributed by atoms with Gasteiger partial charge in [-0.1, -0.05) is 18.5 Å². The predicted octanol–water partition coefficient (Wildman–Crippen LogP) is 1.78. The second kappa shape index (κ2) is 5.75. The lowest BCUT2D eigenvalue weighted by Crippen LogP contribution is -2.46. The van der Waals surface area contributed by atoms with Crippen LogP contribution < -0.4 is 0 Å². The molecule has 1 aliphatic rings. The van der Waals surface area contributed by atoms with Gasteiger partial charge in [0, 0.05) is 26.4 Å². The molecular formula is C12H17ClN2O3S. The van der Waals surface area contributed by atoms with Gasteiger partial charge >= 0.3 is 0 Å². The first-order valence-corrected chi connectivity index (χ1v) is 7.91. The highest BCUT2D eigenvalue weighted by Gasteiger charge is 2.33. The molecule has 0 N–H and O–H groups in total. The second-order valence-electron chi connectivity index (χ2n) is 4.72. The largest absolute Gasteiger partial charge is 0.380 e. The van der Waals surface area contributed by atoms with E-state index in [1.807, 2.05) is 0 Å². The first-order chi connectivity index (χ1) is 8.95. The molecule has 7 heteroatoms. The van der Waals surface area contributed by atoms with Crippen molar-refractivity contribution in [3.05, 3.63) is 23.5 Å². The number of hydrogen-bond donors (Lipinski definition) is 0. The topological polar surface area (TPSA) is 59.5 Å². The molecule has 5 nitrogen and oxygen atoms in total. The van der Waals surface area contributed by atoms with Crippen LogP contribution in [0.5, 0.6) is 0 Å². The zero-order chi connectivity index (χ0) is 14.0. The van der Waals surface area contributed by atoms with Gasteiger partial charge in [0.25, 0.3) is 0 Å². The average Bonchev–Trinajstić information content (AvgIpc) is 2.39. The fourth-order valence-electron chi connectivity index (χ4n) is 2.22. The molecule has 0 aliphatic carbocycles. The lowest BCUT2D eigenvalue weighted by atomic mass is 9.97. The maximum absolute atomic E-state index is 12.5. The number of nitrogens with zero attached hydrogens (tertiary/aromatic N) is 2. The second-order valence-corrected chi connectivity index (χ2v) is 7.04. The van der Waals surface area contributed by atoms with Gasteiger partial charge in [-0.15, -0.1) is 0 Å². The van der Waals surface area contributed by atoms with Gasteiger partial charge in [-0.3, -0.25) is 0 Å². The molecule has 0 bridgehead atoms. The van der Waals surface area contributed by atoms with Gasteiger partial charge in [0.2, 0.25) is 10.0 Å². The van der Waals surface area contributed by atoms with Crippen molar-refractivity contribution in [2.75, 3.05) is 20.2 Å². The minimum Gasteiger partial charge on any atom is -0.380 e. The van der Waals surface area contributed by atoms with E-state index in [9.17, 15) is 8.42 Å². The third-order valence-electron chi connectivity index (χ3n) is 3.49. The molecule has 106 valence electrons. The van der Waals surface area contributed by atoms with Crippen LogP contribution in [-0.2, 0) is 14.8 Å². The fraction of sp³-hybridized carbons (Fsp3) is 0.583. The average molecular weight is 305 g/mol. The summed E-state index contributed by atoms with van der Waals surface area (Å²) in [6.07, 6.45) is 2.12. The Hall–Kier alpha value is -0.690. The molecule has 0 aromatic carbocycles. The SMILES string of the molecule is COC1CN(S(=O)(=O)c2ccnc(Cl)c2)CCC1C. The van der Waals surface area contributed by atoms with Gasteiger partial charge in [-0.25, -0.2) is 13.4 Å². The molecule has 2 unspecified atom stereocenters. The first kappa shape index (κ1) is 14.7. The molecule has 1 saturated heterocycles. The standard InChI is InChI=1S/C12H17ClN2O3S/c1-9-4-6-15(8-11(9)18-2)19(16,17)10-3-5-14-12(13)7-10/h3,5,7,9,11H,4,6,8H2,1-2H3. The van der Waals surface area contributed by atoms with Crippen LogP contribution >= 0.6 is 11.6 Å². The third kappa shape index (κ3) is 3.08. The summed E-state index contributed by atoms with van der Waals surface area (Å²) in [6.45, 7) is 2.95. The Kier molecular flexibility index (Phi) is 4.45. The number of methoxy groups -OCH3 is 1. The monoisotopic (exact) mass is 304 g/mol. The zero-order valence-corrected chi connectivity index (χ0v) is 12.5. The molecule has 0 spiro atoms. The van der Waals surface area contributed by atoms with Crippen LogP contribution in [0, 0.1) is 5.92 Å². The van der Waals surface area contributed by atoms with Gasteiger partial charge in [-0.05, 0) is 24.5 Å². The number of hydrogen-bond acceptors (Lipinski definition) is 4. The number of pyridine rings is 1. The van der Waals surface area contributed by atoms with E-state index in [-0.39, 0.29) is 16.2 Å². The van der Waals surface area contributed by atoms with E-state index in [0.717, 1.165) is 6.42 Å². The molecule has 1 fully saturated rings. The minimum atomic E-state index is -3.52. The normalized spacial score (nSPS) is 25.4. The molecule has 2 heterocycles. The van der Waals surface area contributed by atoms with Gasteiger partial charge in [-0.2, -0.15) is 4.31 Å². The van der Waals surface area contributed by atoms with Crippen molar-refractivity contribution in [2.24, 2.45) is 5.92 Å². The highest BCUT2D eigenvalue weighted by Crippen LogP contribution is 2.25. The summed E-state index contributed by atoms with van der Waals surface area (Å²) in [4.78, 5) is 3.98. The van der Waals surface area contributed by atoms with Crippen LogP contribution in [0.1, 0.15) is 13.3 Å². The molecular weight excluding hydrogens is 288 g/mol. The Balaban J connectivity index is 2.25. The van der Waals surface area contributed by atoms with Crippen molar-refractivity contribution in [1.29, 1.82) is 0 Å². The Labute approximate surface area is 118 Å². The number of sulfonamides is 1. The van der Waals surface area contributed by atoms with Crippen molar-refractivity contribution in [1.82, 2.24) is 9.29 Å². The zero-order valence-electron chi connectivity index (χ0n) is 10.9. The summed E-state index contributed by atoms with van der Waals surface area (Å²) in [7, 11) is -1.91. The molecule has 0 radical (unpaired) electrons. The van der Waals surface area contributed by atoms with Gasteiger partial charge in [0.15, 0.2) is 0 Å². The van der Waals surface area contributed by atoms with Gasteiger partial charge < -0.3 is 4.74 Å². The summed E-state index contributed by atoms with van der Waals surface area (Å²) in [5.41, 5.74) is 0. The van der Waals surface area contributed by atoms with E-state index in [1.54, 1.807) is 7.11 Å². The number of halogens is 1. The van der Waals surface area contributed by atoms with Crippen LogP contribution in [0.15, 0.2) is 23.2 Å². The summed E-state index contributed by atoms with van der Waals surface area (Å²) in [6, 6.07) is 2.83. The third-order valence-corrected chi connectivity index (χ3v) is 5.56. The van der Waals surface area contributed by atoms with Crippen molar-refractivity contribution >= 4 is 21.6 Å². The van der Waals surface area contributed by atoms with Crippen LogP contribution in [0.25, 0.3) is 0 Å². The molecule has 19 heavy (non-hydrogen) atoms. The number of ether oxygens (including phenoxy) is 1. The molecule has 2 atom stereocenters. The van der Waals surface area contributed by atoms with E-state index in [4.69, 9.17) is 16.3 Å². The van der Waals surface area contributed by atoms with E-state index < -0.39 is 10.0 Å². The van der Waals surface area contributed by atoms with Crippen LogP contribution in [-0.4, -0.2) is 44.0 Å². The summed E-state index contributed by atoms with van der Waals surface area (Å²) in [5, 5.41) is 0.176. The maximum atomic E-state index is 12.5. The fourth-order valence-corrected chi connectivity index (χ4v) is 3.94. The van der Waals surface area contributed by atoms with Gasteiger partial charge in [0.1, 0.15) is 5.15 Å². The quantitative estimate of drug-likeness (QED) is 0.799. The molecule has 0 saturated carbocycles. The smallest absolute Gasteiger partial charge is 0.243 e. The number of rotatable bonds is 3. The van der Waals surface area contributed by atoms with Crippen molar-refractivity contribution in [2.45, 2.75) is 24.3 Å². The van der Waals surface area contributed by atoms with E-state index in [2.05, 4.69) is 11.9 Å². The maximum Gasteiger partial charge on any atom is 0.243 e. The highest BCUT2D eigenvalue weighted by atomic mass is 35.5. The van der Waals surface area contributed by atoms with Crippen molar-refractivity contribution < 1.29 is 13.2 Å². The Morgan fingerprint density at radius 1 is 1.53 bits per heavy atom. The van der Waals surface area contributed by atoms with Gasteiger partial charge in [0.05, 0.1) is 11.0 Å². The molecule has 1 aromatic rings. The van der Waals surface area contributed by atoms with E-state index >= 15 is 0 Å². The van der Waals surface area contributed by atoms with Crippen molar-refractivity contribution in [3.8, 4) is 0 Å². The number of piperidine rings is 1. The summed E-state index contributed by atoms with van der Waals surface area (Å²) < 4.78 is 31.8. The Morgan fingerprint density at radius 3 is 2.89 bits per heavy atom. The van der Waals surface area contributed by atoms with Crippen molar-refractivity contribution in [3.63, 3.8) is 0 Å². The highest BCUT2D eigenvalue weighted by molar-refractivity contribution is 7.89. The molecule has 1 aromatic heterocycles. The lowest BCUT2D eigenvalue weighted by Gasteiger charge is -2.35. The first-order valence-electron chi connectivity index (χ1n) is 6.09. The van der Waals surface area contributed by atoms with Crippen LogP contribution in [0.4, 0.5) is 0 Å². The predicted molar refractivity (Wildman–Crippen MR) is 72.6 cm³/mol. The minimum absolute atomic E-state index is 0.0687. The summed E-state index contributed by atoms with van der Waals surface area (Å²) >= 11 is 5.75. The summed E-state index contributed by atoms with van der Waals surface area (Å²) in [5.74, 6) is 0.359. The lowest BCUT2D eigenvalue weighted by molar-refractivity contribution is 0.0184. The van der Waals surface area contributed by atoms with E-state index in [1.165, 1.54) is 22.6 Å². The molecule has 1 aliphatic heterocycles.